The fourth-order valence-electron chi connectivity index (χ4n) is 2.53. The van der Waals surface area contributed by atoms with E-state index in [9.17, 15) is 9.59 Å². The second-order valence-corrected chi connectivity index (χ2v) is 5.77. The fourth-order valence-corrected chi connectivity index (χ4v) is 2.53. The molecular formula is C18H17NO6. The van der Waals surface area contributed by atoms with Gasteiger partial charge >= 0.3 is 12.1 Å². The van der Waals surface area contributed by atoms with Crippen molar-refractivity contribution in [3.05, 3.63) is 41.7 Å². The third-order valence-electron chi connectivity index (χ3n) is 3.50. The minimum atomic E-state index is -1.20. The number of aryl methyl sites for hydroxylation is 1. The summed E-state index contributed by atoms with van der Waals surface area (Å²) >= 11 is 0. The Morgan fingerprint density at radius 3 is 2.52 bits per heavy atom. The molecule has 1 aromatic carbocycles. The van der Waals surface area contributed by atoms with Crippen LogP contribution in [0.3, 0.4) is 0 Å². The molecule has 2 aromatic heterocycles. The number of carbonyl (C=O) groups is 2. The number of primary amides is 1. The average Bonchev–Trinajstić information content (AvgIpc) is 3.08. The molecule has 0 bridgehead atoms. The van der Waals surface area contributed by atoms with Crippen molar-refractivity contribution in [3.8, 4) is 17.3 Å². The number of hydrogen-bond acceptors (Lipinski definition) is 6. The van der Waals surface area contributed by atoms with Gasteiger partial charge in [0.05, 0.1) is 12.4 Å². The van der Waals surface area contributed by atoms with E-state index in [-0.39, 0.29) is 17.4 Å². The first-order valence-corrected chi connectivity index (χ1v) is 7.66. The maximum absolute atomic E-state index is 12.4. The van der Waals surface area contributed by atoms with Crippen molar-refractivity contribution in [1.29, 1.82) is 0 Å². The summed E-state index contributed by atoms with van der Waals surface area (Å²) in [7, 11) is 0. The molecule has 7 heteroatoms. The Morgan fingerprint density at radius 2 is 1.92 bits per heavy atom. The molecule has 0 atom stereocenters. The molecule has 0 unspecified atom stereocenters. The van der Waals surface area contributed by atoms with Crippen molar-refractivity contribution in [2.24, 2.45) is 5.73 Å². The molecule has 25 heavy (non-hydrogen) atoms. The molecule has 2 N–H and O–H groups in total. The topological polar surface area (TPSA) is 105 Å². The summed E-state index contributed by atoms with van der Waals surface area (Å²) in [6.45, 7) is 5.58. The lowest BCUT2D eigenvalue weighted by Crippen LogP contribution is -2.18. The highest BCUT2D eigenvalue weighted by Gasteiger charge is 2.27. The Hall–Kier alpha value is -3.22. The Kier molecular flexibility index (Phi) is 4.22. The number of esters is 1. The van der Waals surface area contributed by atoms with Gasteiger partial charge in [-0.2, -0.15) is 0 Å². The molecule has 0 saturated heterocycles. The van der Waals surface area contributed by atoms with Crippen LogP contribution in [-0.2, 0) is 4.74 Å². The predicted molar refractivity (Wildman–Crippen MR) is 89.4 cm³/mol. The zero-order valence-electron chi connectivity index (χ0n) is 14.0. The summed E-state index contributed by atoms with van der Waals surface area (Å²) in [5.41, 5.74) is 6.23. The Labute approximate surface area is 143 Å². The van der Waals surface area contributed by atoms with Gasteiger partial charge in [-0.3, -0.25) is 0 Å². The van der Waals surface area contributed by atoms with Crippen molar-refractivity contribution in [2.75, 3.05) is 0 Å². The van der Waals surface area contributed by atoms with Crippen molar-refractivity contribution in [1.82, 2.24) is 0 Å². The summed E-state index contributed by atoms with van der Waals surface area (Å²) in [4.78, 5) is 23.4. The van der Waals surface area contributed by atoms with Crippen molar-refractivity contribution in [2.45, 2.75) is 26.9 Å². The third kappa shape index (κ3) is 3.21. The lowest BCUT2D eigenvalue weighted by molar-refractivity contribution is 0.0640. The number of carbonyl (C=O) groups excluding carboxylic acids is 2. The predicted octanol–water partition coefficient (Wildman–Crippen LogP) is 4.02. The quantitative estimate of drug-likeness (QED) is 0.566. The smallest absolute Gasteiger partial charge is 0.412 e. The van der Waals surface area contributed by atoms with Gasteiger partial charge in [0.1, 0.15) is 16.9 Å². The molecule has 2 heterocycles. The van der Waals surface area contributed by atoms with Crippen LogP contribution in [0.2, 0.25) is 0 Å². The molecule has 0 radical (unpaired) electrons. The molecule has 7 nitrogen and oxygen atoms in total. The highest BCUT2D eigenvalue weighted by atomic mass is 16.6. The van der Waals surface area contributed by atoms with Gasteiger partial charge in [-0.1, -0.05) is 0 Å². The average molecular weight is 343 g/mol. The van der Waals surface area contributed by atoms with Crippen LogP contribution < -0.4 is 10.5 Å². The minimum absolute atomic E-state index is 0.0443. The SMILES string of the molecule is Cc1ccoc1-c1oc2ccc(OC(C)C)cc2c1C(=O)OC(N)=O. The summed E-state index contributed by atoms with van der Waals surface area (Å²) in [5.74, 6) is 0.183. The number of rotatable bonds is 4. The van der Waals surface area contributed by atoms with E-state index in [1.54, 1.807) is 24.3 Å². The van der Waals surface area contributed by atoms with Crippen LogP contribution in [-0.4, -0.2) is 18.2 Å². The Morgan fingerprint density at radius 1 is 1.16 bits per heavy atom. The van der Waals surface area contributed by atoms with E-state index in [1.165, 1.54) is 6.26 Å². The van der Waals surface area contributed by atoms with Gasteiger partial charge in [0.15, 0.2) is 11.5 Å². The third-order valence-corrected chi connectivity index (χ3v) is 3.50. The lowest BCUT2D eigenvalue weighted by atomic mass is 10.1. The molecule has 0 aliphatic carbocycles. The van der Waals surface area contributed by atoms with Crippen LogP contribution in [0.25, 0.3) is 22.5 Å². The second-order valence-electron chi connectivity index (χ2n) is 5.77. The summed E-state index contributed by atoms with van der Waals surface area (Å²) in [6, 6.07) is 6.79. The van der Waals surface area contributed by atoms with Crippen molar-refractivity contribution in [3.63, 3.8) is 0 Å². The maximum Gasteiger partial charge on any atom is 0.412 e. The van der Waals surface area contributed by atoms with Crippen LogP contribution in [0.15, 0.2) is 39.4 Å². The van der Waals surface area contributed by atoms with E-state index < -0.39 is 12.1 Å². The van der Waals surface area contributed by atoms with Crippen LogP contribution >= 0.6 is 0 Å². The molecule has 130 valence electrons. The molecule has 3 aromatic rings. The number of hydrogen-bond donors (Lipinski definition) is 1. The normalized spacial score (nSPS) is 11.0. The van der Waals surface area contributed by atoms with Crippen LogP contribution in [0, 0.1) is 6.92 Å². The highest BCUT2D eigenvalue weighted by molar-refractivity contribution is 6.11. The first-order chi connectivity index (χ1) is 11.9. The zero-order valence-corrected chi connectivity index (χ0v) is 14.0. The van der Waals surface area contributed by atoms with Gasteiger partial charge < -0.3 is 24.0 Å². The largest absolute Gasteiger partial charge is 0.491 e. The molecule has 3 rings (SSSR count). The number of fused-ring (bicyclic) bond motifs is 1. The van der Waals surface area contributed by atoms with Crippen molar-refractivity contribution < 1.29 is 27.9 Å². The van der Waals surface area contributed by atoms with E-state index in [2.05, 4.69) is 4.74 Å². The van der Waals surface area contributed by atoms with Gasteiger partial charge in [0.2, 0.25) is 0 Å². The van der Waals surface area contributed by atoms with Crippen molar-refractivity contribution >= 4 is 23.0 Å². The number of nitrogens with two attached hydrogens (primary N) is 1. The van der Waals surface area contributed by atoms with Gasteiger partial charge in [-0.05, 0) is 50.6 Å². The second kappa shape index (κ2) is 6.35. The van der Waals surface area contributed by atoms with E-state index in [0.29, 0.717) is 22.5 Å². The lowest BCUT2D eigenvalue weighted by Gasteiger charge is -2.09. The summed E-state index contributed by atoms with van der Waals surface area (Å²) in [5, 5.41) is 0.440. The monoisotopic (exact) mass is 343 g/mol. The van der Waals surface area contributed by atoms with Gasteiger partial charge in [0, 0.05) is 5.39 Å². The standard InChI is InChI=1S/C18H17NO6/c1-9(2)23-11-4-5-13-12(8-11)14(17(20)25-18(19)21)16(24-13)15-10(3)6-7-22-15/h4-9H,1-3H3,(H2,19,21). The molecule has 0 spiro atoms. The molecule has 0 fully saturated rings. The van der Waals surface area contributed by atoms with Gasteiger partial charge in [-0.15, -0.1) is 0 Å². The van der Waals surface area contributed by atoms with Crippen LogP contribution in [0.1, 0.15) is 29.8 Å². The van der Waals surface area contributed by atoms with E-state index >= 15 is 0 Å². The number of furan rings is 2. The highest BCUT2D eigenvalue weighted by Crippen LogP contribution is 2.37. The van der Waals surface area contributed by atoms with Crippen LogP contribution in [0.5, 0.6) is 5.75 Å². The van der Waals surface area contributed by atoms with E-state index in [4.69, 9.17) is 19.3 Å². The summed E-state index contributed by atoms with van der Waals surface area (Å²) in [6.07, 6.45) is 0.238. The first kappa shape index (κ1) is 16.6. The molecular weight excluding hydrogens is 326 g/mol. The van der Waals surface area contributed by atoms with Gasteiger partial charge in [0.25, 0.3) is 0 Å². The number of ether oxygens (including phenoxy) is 2. The summed E-state index contributed by atoms with van der Waals surface area (Å²) < 4.78 is 21.4. The number of benzene rings is 1. The van der Waals surface area contributed by atoms with E-state index in [0.717, 1.165) is 5.56 Å². The molecule has 0 aliphatic rings. The fraction of sp³-hybridized carbons (Fsp3) is 0.222. The zero-order chi connectivity index (χ0) is 18.1. The number of amides is 1. The maximum atomic E-state index is 12.4. The van der Waals surface area contributed by atoms with E-state index in [1.807, 2.05) is 20.8 Å². The Balaban J connectivity index is 2.22. The van der Waals surface area contributed by atoms with Crippen LogP contribution in [0.4, 0.5) is 4.79 Å². The molecule has 0 aliphatic heterocycles. The first-order valence-electron chi connectivity index (χ1n) is 7.66. The Bertz CT molecular complexity index is 950. The molecule has 1 amide bonds. The van der Waals surface area contributed by atoms with Gasteiger partial charge in [-0.25, -0.2) is 9.59 Å². The minimum Gasteiger partial charge on any atom is -0.491 e. The molecule has 0 saturated carbocycles.